The molecule has 2 rings (SSSR count). The third kappa shape index (κ3) is 4.32. The Morgan fingerprint density at radius 3 is 2.22 bits per heavy atom. The van der Waals surface area contributed by atoms with Gasteiger partial charge in [-0.2, -0.15) is 0 Å². The van der Waals surface area contributed by atoms with Crippen LogP contribution in [0, 0.1) is 0 Å². The zero-order valence-electron chi connectivity index (χ0n) is 13.1. The van der Waals surface area contributed by atoms with Crippen molar-refractivity contribution in [3.8, 4) is 11.5 Å². The Kier molecular flexibility index (Phi) is 5.74. The first-order chi connectivity index (χ1) is 11.2. The maximum absolute atomic E-state index is 12.2. The molecular weight excluding hydrogens is 296 g/mol. The van der Waals surface area contributed by atoms with Crippen LogP contribution in [0.1, 0.15) is 34.6 Å². The summed E-state index contributed by atoms with van der Waals surface area (Å²) in [5.41, 5.74) is 0.755. The minimum absolute atomic E-state index is 0.309. The summed E-state index contributed by atoms with van der Waals surface area (Å²) in [5, 5.41) is 0. The Morgan fingerprint density at radius 1 is 0.870 bits per heavy atom. The second kappa shape index (κ2) is 7.98. The number of benzene rings is 2. The predicted molar refractivity (Wildman–Crippen MR) is 85.0 cm³/mol. The van der Waals surface area contributed by atoms with Gasteiger partial charge in [-0.1, -0.05) is 12.1 Å². The molecule has 120 valence electrons. The van der Waals surface area contributed by atoms with Crippen LogP contribution in [0.2, 0.25) is 0 Å². The average Bonchev–Trinajstić information content (AvgIpc) is 2.56. The highest BCUT2D eigenvalue weighted by Crippen LogP contribution is 2.21. The number of rotatable bonds is 6. The van der Waals surface area contributed by atoms with Crippen LogP contribution in [0.4, 0.5) is 0 Å². The van der Waals surface area contributed by atoms with Crippen LogP contribution in [0.15, 0.2) is 48.5 Å². The molecule has 0 aromatic heterocycles. The van der Waals surface area contributed by atoms with E-state index in [2.05, 4.69) is 0 Å². The molecule has 0 saturated heterocycles. The maximum Gasteiger partial charge on any atom is 0.347 e. The minimum Gasteiger partial charge on any atom is -0.493 e. The first-order valence-corrected chi connectivity index (χ1v) is 7.37. The topological polar surface area (TPSA) is 61.8 Å². The lowest BCUT2D eigenvalue weighted by atomic mass is 10.2. The van der Waals surface area contributed by atoms with Crippen molar-refractivity contribution in [2.45, 2.75) is 13.8 Å². The van der Waals surface area contributed by atoms with Crippen LogP contribution in [0.3, 0.4) is 0 Å². The number of carbonyl (C=O) groups excluding carboxylic acids is 2. The molecule has 0 N–H and O–H groups in total. The Balaban J connectivity index is 2.10. The molecule has 0 unspecified atom stereocenters. The molecule has 2 aromatic carbocycles. The quantitative estimate of drug-likeness (QED) is 0.603. The molecule has 0 aliphatic rings. The van der Waals surface area contributed by atoms with Crippen LogP contribution in [0.5, 0.6) is 11.5 Å². The van der Waals surface area contributed by atoms with Gasteiger partial charge in [0.1, 0.15) is 17.1 Å². The molecule has 0 radical (unpaired) electrons. The van der Waals surface area contributed by atoms with E-state index in [0.717, 1.165) is 0 Å². The Labute approximate surface area is 134 Å². The van der Waals surface area contributed by atoms with Crippen LogP contribution in [-0.4, -0.2) is 25.2 Å². The Hall–Kier alpha value is -2.82. The van der Waals surface area contributed by atoms with Crippen molar-refractivity contribution in [3.63, 3.8) is 0 Å². The van der Waals surface area contributed by atoms with Crippen LogP contribution in [0.25, 0.3) is 0 Å². The van der Waals surface area contributed by atoms with E-state index in [0.29, 0.717) is 35.8 Å². The van der Waals surface area contributed by atoms with E-state index in [1.54, 1.807) is 55.5 Å². The highest BCUT2D eigenvalue weighted by Gasteiger charge is 2.15. The molecule has 5 nitrogen and oxygen atoms in total. The average molecular weight is 314 g/mol. The molecule has 0 heterocycles. The summed E-state index contributed by atoms with van der Waals surface area (Å²) >= 11 is 0. The second-order valence-electron chi connectivity index (χ2n) is 4.56. The number of ether oxygens (including phenoxy) is 3. The van der Waals surface area contributed by atoms with Crippen LogP contribution in [-0.2, 0) is 4.74 Å². The van der Waals surface area contributed by atoms with Gasteiger partial charge in [-0.25, -0.2) is 9.59 Å². The molecule has 0 fully saturated rings. The summed E-state index contributed by atoms with van der Waals surface area (Å²) in [7, 11) is 0. The fraction of sp³-hybridized carbons (Fsp3) is 0.222. The summed E-state index contributed by atoms with van der Waals surface area (Å²) in [6.07, 6.45) is 0. The largest absolute Gasteiger partial charge is 0.493 e. The maximum atomic E-state index is 12.2. The third-order valence-corrected chi connectivity index (χ3v) is 2.98. The molecule has 0 aliphatic heterocycles. The molecule has 0 atom stereocenters. The number of hydrogen-bond donors (Lipinski definition) is 0. The molecule has 0 spiro atoms. The van der Waals surface area contributed by atoms with Crippen LogP contribution < -0.4 is 9.47 Å². The number of esters is 2. The van der Waals surface area contributed by atoms with Crippen molar-refractivity contribution in [3.05, 3.63) is 59.7 Å². The standard InChI is InChI=1S/C18H18O5/c1-3-21-16-8-6-5-7-15(16)18(20)23-14-11-9-13(10-12-14)17(19)22-4-2/h5-12H,3-4H2,1-2H3. The van der Waals surface area contributed by atoms with Gasteiger partial charge in [0.15, 0.2) is 0 Å². The van der Waals surface area contributed by atoms with Crippen molar-refractivity contribution >= 4 is 11.9 Å². The molecule has 5 heteroatoms. The van der Waals surface area contributed by atoms with Crippen molar-refractivity contribution < 1.29 is 23.8 Å². The lowest BCUT2D eigenvalue weighted by Gasteiger charge is -2.10. The molecule has 0 aliphatic carbocycles. The zero-order chi connectivity index (χ0) is 16.7. The fourth-order valence-corrected chi connectivity index (χ4v) is 1.95. The monoisotopic (exact) mass is 314 g/mol. The molecule has 0 saturated carbocycles. The van der Waals surface area contributed by atoms with Gasteiger partial charge in [-0.05, 0) is 50.2 Å². The number of carbonyl (C=O) groups is 2. The summed E-state index contributed by atoms with van der Waals surface area (Å²) in [6.45, 7) is 4.35. The highest BCUT2D eigenvalue weighted by atomic mass is 16.5. The van der Waals surface area contributed by atoms with Gasteiger partial charge >= 0.3 is 11.9 Å². The van der Waals surface area contributed by atoms with E-state index in [1.807, 2.05) is 6.92 Å². The molecule has 23 heavy (non-hydrogen) atoms. The summed E-state index contributed by atoms with van der Waals surface area (Å²) < 4.78 is 15.6. The van der Waals surface area contributed by atoms with Crippen LogP contribution >= 0.6 is 0 Å². The van der Waals surface area contributed by atoms with Gasteiger partial charge in [0.05, 0.1) is 18.8 Å². The van der Waals surface area contributed by atoms with Gasteiger partial charge < -0.3 is 14.2 Å². The van der Waals surface area contributed by atoms with E-state index in [9.17, 15) is 9.59 Å². The van der Waals surface area contributed by atoms with Crippen molar-refractivity contribution in [1.29, 1.82) is 0 Å². The molecule has 0 bridgehead atoms. The van der Waals surface area contributed by atoms with Gasteiger partial charge in [0.25, 0.3) is 0 Å². The molecule has 0 amide bonds. The van der Waals surface area contributed by atoms with E-state index in [-0.39, 0.29) is 0 Å². The van der Waals surface area contributed by atoms with Gasteiger partial charge in [0.2, 0.25) is 0 Å². The third-order valence-electron chi connectivity index (χ3n) is 2.98. The normalized spacial score (nSPS) is 10.0. The van der Waals surface area contributed by atoms with Gasteiger partial charge in [0, 0.05) is 0 Å². The van der Waals surface area contributed by atoms with Crippen molar-refractivity contribution in [2.24, 2.45) is 0 Å². The molecular formula is C18H18O5. The fourth-order valence-electron chi connectivity index (χ4n) is 1.95. The smallest absolute Gasteiger partial charge is 0.347 e. The molecule has 2 aromatic rings. The second-order valence-corrected chi connectivity index (χ2v) is 4.56. The Morgan fingerprint density at radius 2 is 1.57 bits per heavy atom. The van der Waals surface area contributed by atoms with Gasteiger partial charge in [-0.15, -0.1) is 0 Å². The summed E-state index contributed by atoms with van der Waals surface area (Å²) in [5.74, 6) is -0.109. The predicted octanol–water partition coefficient (Wildman–Crippen LogP) is 3.48. The lowest BCUT2D eigenvalue weighted by Crippen LogP contribution is -2.11. The first-order valence-electron chi connectivity index (χ1n) is 7.37. The van der Waals surface area contributed by atoms with Crippen molar-refractivity contribution in [2.75, 3.05) is 13.2 Å². The SMILES string of the molecule is CCOC(=O)c1ccc(OC(=O)c2ccccc2OCC)cc1. The van der Waals surface area contributed by atoms with Crippen molar-refractivity contribution in [1.82, 2.24) is 0 Å². The zero-order valence-corrected chi connectivity index (χ0v) is 13.1. The summed E-state index contributed by atoms with van der Waals surface area (Å²) in [4.78, 5) is 23.8. The van der Waals surface area contributed by atoms with E-state index < -0.39 is 11.9 Å². The minimum atomic E-state index is -0.516. The summed E-state index contributed by atoms with van der Waals surface area (Å²) in [6, 6.07) is 13.1. The first kappa shape index (κ1) is 16.5. The van der Waals surface area contributed by atoms with Gasteiger partial charge in [-0.3, -0.25) is 0 Å². The highest BCUT2D eigenvalue weighted by molar-refractivity contribution is 5.94. The number of hydrogen-bond acceptors (Lipinski definition) is 5. The van der Waals surface area contributed by atoms with E-state index >= 15 is 0 Å². The van der Waals surface area contributed by atoms with E-state index in [1.165, 1.54) is 0 Å². The van der Waals surface area contributed by atoms with E-state index in [4.69, 9.17) is 14.2 Å². The number of para-hydroxylation sites is 1. The lowest BCUT2D eigenvalue weighted by molar-refractivity contribution is 0.0526. The Bertz CT molecular complexity index is 676.